The molecule has 0 saturated carbocycles. The molecule has 1 aliphatic heterocycles. The maximum absolute atomic E-state index is 14.3. The molecule has 2 aromatic rings. The molecule has 2 heterocycles. The zero-order valence-corrected chi connectivity index (χ0v) is 20.8. The van der Waals surface area contributed by atoms with Gasteiger partial charge in [-0.25, -0.2) is 9.18 Å². The Balaban J connectivity index is 2.01. The Morgan fingerprint density at radius 1 is 1.16 bits per heavy atom. The number of nitrogens with zero attached hydrogens (tertiary/aromatic N) is 2. The van der Waals surface area contributed by atoms with E-state index in [0.717, 1.165) is 13.2 Å². The minimum atomic E-state index is -4.90. The first-order valence-electron chi connectivity index (χ1n) is 11.4. The molecule has 0 aliphatic carbocycles. The molecule has 1 aromatic heterocycles. The standard InChI is InChI=1S/C23H28F4N2O9/c1-10(2)29-19(23(25,26)27)12(7-11-5-6-14(34-3)13(24)8-11)20(28-29)38-21-18(32)17(31)16(30)15(37-21)9-36-22(33)35-4/h5-6,8,10,15-18,21,30-32H,7,9H2,1-4H3/t15-,16-,17+,18-,21+/m1/s1. The molecule has 0 radical (unpaired) electrons. The second kappa shape index (κ2) is 11.7. The molecule has 0 amide bonds. The summed E-state index contributed by atoms with van der Waals surface area (Å²) in [6.45, 7) is 2.27. The molecule has 0 bridgehead atoms. The molecule has 11 nitrogen and oxygen atoms in total. The quantitative estimate of drug-likeness (QED) is 0.330. The predicted octanol–water partition coefficient (Wildman–Crippen LogP) is 2.19. The molecule has 212 valence electrons. The number of ether oxygens (including phenoxy) is 5. The Labute approximate surface area is 214 Å². The first-order chi connectivity index (χ1) is 17.8. The van der Waals surface area contributed by atoms with E-state index in [-0.39, 0.29) is 11.3 Å². The molecule has 15 heteroatoms. The Morgan fingerprint density at radius 3 is 2.39 bits per heavy atom. The van der Waals surface area contributed by atoms with Gasteiger partial charge in [0.15, 0.2) is 11.6 Å². The summed E-state index contributed by atoms with van der Waals surface area (Å²) in [4.78, 5) is 11.3. The van der Waals surface area contributed by atoms with E-state index in [1.807, 2.05) is 0 Å². The van der Waals surface area contributed by atoms with Crippen molar-refractivity contribution in [3.63, 3.8) is 0 Å². The van der Waals surface area contributed by atoms with Crippen LogP contribution >= 0.6 is 0 Å². The fraction of sp³-hybridized carbons (Fsp3) is 0.565. The van der Waals surface area contributed by atoms with Crippen LogP contribution in [-0.2, 0) is 26.8 Å². The van der Waals surface area contributed by atoms with E-state index in [1.54, 1.807) is 0 Å². The van der Waals surface area contributed by atoms with Crippen LogP contribution in [0.1, 0.15) is 36.7 Å². The molecule has 3 N–H and O–H groups in total. The minimum Gasteiger partial charge on any atom is -0.494 e. The first-order valence-corrected chi connectivity index (χ1v) is 11.4. The van der Waals surface area contributed by atoms with Gasteiger partial charge < -0.3 is 39.0 Å². The Hall–Kier alpha value is -3.14. The van der Waals surface area contributed by atoms with E-state index in [9.17, 15) is 37.7 Å². The van der Waals surface area contributed by atoms with Gasteiger partial charge in [-0.2, -0.15) is 13.2 Å². The smallest absolute Gasteiger partial charge is 0.494 e. The van der Waals surface area contributed by atoms with Gasteiger partial charge in [-0.1, -0.05) is 6.07 Å². The van der Waals surface area contributed by atoms with Crippen LogP contribution in [0.4, 0.5) is 22.4 Å². The molecular weight excluding hydrogens is 524 g/mol. The number of methoxy groups -OCH3 is 2. The summed E-state index contributed by atoms with van der Waals surface area (Å²) >= 11 is 0. The monoisotopic (exact) mass is 552 g/mol. The van der Waals surface area contributed by atoms with Crippen LogP contribution < -0.4 is 9.47 Å². The lowest BCUT2D eigenvalue weighted by molar-refractivity contribution is -0.278. The van der Waals surface area contributed by atoms with Crippen molar-refractivity contribution < 1.29 is 61.4 Å². The third-order valence-electron chi connectivity index (χ3n) is 5.75. The van der Waals surface area contributed by atoms with E-state index in [0.29, 0.717) is 4.68 Å². The number of carbonyl (C=O) groups excluding carboxylic acids is 1. The summed E-state index contributed by atoms with van der Waals surface area (Å²) in [6.07, 6.45) is -15.3. The van der Waals surface area contributed by atoms with Crippen LogP contribution in [-0.4, -0.2) is 82.8 Å². The van der Waals surface area contributed by atoms with Crippen LogP contribution in [0.5, 0.6) is 11.6 Å². The molecule has 1 saturated heterocycles. The molecule has 5 atom stereocenters. The lowest BCUT2D eigenvalue weighted by atomic mass is 9.99. The molecule has 38 heavy (non-hydrogen) atoms. The van der Waals surface area contributed by atoms with Gasteiger partial charge in [0.25, 0.3) is 0 Å². The average Bonchev–Trinajstić information content (AvgIpc) is 3.22. The van der Waals surface area contributed by atoms with E-state index >= 15 is 0 Å². The maximum Gasteiger partial charge on any atom is 0.508 e. The van der Waals surface area contributed by atoms with Gasteiger partial charge in [-0.3, -0.25) is 4.68 Å². The van der Waals surface area contributed by atoms with Crippen LogP contribution in [0.25, 0.3) is 0 Å². The van der Waals surface area contributed by atoms with Crippen molar-refractivity contribution in [2.45, 2.75) is 63.2 Å². The lowest BCUT2D eigenvalue weighted by Crippen LogP contribution is -2.60. The highest BCUT2D eigenvalue weighted by atomic mass is 19.4. The Morgan fingerprint density at radius 2 is 1.84 bits per heavy atom. The van der Waals surface area contributed by atoms with Gasteiger partial charge in [0.05, 0.1) is 19.8 Å². The highest BCUT2D eigenvalue weighted by Gasteiger charge is 2.47. The van der Waals surface area contributed by atoms with E-state index < -0.39 is 85.1 Å². The van der Waals surface area contributed by atoms with Crippen LogP contribution in [0.3, 0.4) is 0 Å². The van der Waals surface area contributed by atoms with Crippen LogP contribution in [0, 0.1) is 5.82 Å². The van der Waals surface area contributed by atoms with Gasteiger partial charge in [0.2, 0.25) is 12.2 Å². The molecule has 1 aromatic carbocycles. The Bertz CT molecular complexity index is 1130. The SMILES string of the molecule is COC(=O)OC[C@H]1O[C@@H](Oc2nn(C(C)C)c(C(F)(F)F)c2Cc2ccc(OC)c(F)c2)[C@H](O)[C@@H](O)[C@@H]1O. The first kappa shape index (κ1) is 29.4. The third kappa shape index (κ3) is 6.28. The third-order valence-corrected chi connectivity index (χ3v) is 5.75. The summed E-state index contributed by atoms with van der Waals surface area (Å²) < 4.78 is 82.3. The summed E-state index contributed by atoms with van der Waals surface area (Å²) in [5, 5.41) is 34.8. The Kier molecular flexibility index (Phi) is 9.07. The van der Waals surface area contributed by atoms with Crippen molar-refractivity contribution in [2.24, 2.45) is 0 Å². The highest BCUT2D eigenvalue weighted by Crippen LogP contribution is 2.40. The van der Waals surface area contributed by atoms with E-state index in [1.165, 1.54) is 33.1 Å². The summed E-state index contributed by atoms with van der Waals surface area (Å²) in [5.74, 6) is -1.51. The molecule has 1 fully saturated rings. The summed E-state index contributed by atoms with van der Waals surface area (Å²) in [5.41, 5.74) is -1.53. The van der Waals surface area contributed by atoms with Crippen LogP contribution in [0.2, 0.25) is 0 Å². The lowest BCUT2D eigenvalue weighted by Gasteiger charge is -2.39. The fourth-order valence-electron chi connectivity index (χ4n) is 3.87. The zero-order chi connectivity index (χ0) is 28.4. The topological polar surface area (TPSA) is 142 Å². The number of rotatable bonds is 8. The molecular formula is C23H28F4N2O9. The van der Waals surface area contributed by atoms with Crippen molar-refractivity contribution in [2.75, 3.05) is 20.8 Å². The number of aromatic nitrogens is 2. The number of aliphatic hydroxyl groups excluding tert-OH is 3. The number of hydrogen-bond acceptors (Lipinski definition) is 10. The zero-order valence-electron chi connectivity index (χ0n) is 20.8. The van der Waals surface area contributed by atoms with Gasteiger partial charge in [-0.05, 0) is 31.5 Å². The van der Waals surface area contributed by atoms with Crippen molar-refractivity contribution in [1.82, 2.24) is 9.78 Å². The number of hydrogen-bond donors (Lipinski definition) is 3. The molecule has 0 unspecified atom stereocenters. The second-order valence-corrected chi connectivity index (χ2v) is 8.71. The molecule has 3 rings (SSSR count). The van der Waals surface area contributed by atoms with Crippen molar-refractivity contribution in [1.29, 1.82) is 0 Å². The van der Waals surface area contributed by atoms with Crippen LogP contribution in [0.15, 0.2) is 18.2 Å². The number of benzene rings is 1. The second-order valence-electron chi connectivity index (χ2n) is 8.71. The van der Waals surface area contributed by atoms with Crippen molar-refractivity contribution in [3.05, 3.63) is 40.8 Å². The minimum absolute atomic E-state index is 0.106. The summed E-state index contributed by atoms with van der Waals surface area (Å²) in [7, 11) is 2.27. The maximum atomic E-state index is 14.3. The normalized spacial score (nSPS) is 23.8. The largest absolute Gasteiger partial charge is 0.508 e. The van der Waals surface area contributed by atoms with Crippen molar-refractivity contribution >= 4 is 6.16 Å². The fourth-order valence-corrected chi connectivity index (χ4v) is 3.87. The average molecular weight is 552 g/mol. The number of aliphatic hydroxyl groups is 3. The van der Waals surface area contributed by atoms with E-state index in [2.05, 4.69) is 9.84 Å². The highest BCUT2D eigenvalue weighted by molar-refractivity contribution is 5.59. The number of halogens is 4. The number of alkyl halides is 3. The van der Waals surface area contributed by atoms with Gasteiger partial charge in [-0.15, -0.1) is 5.10 Å². The van der Waals surface area contributed by atoms with Gasteiger partial charge >= 0.3 is 12.3 Å². The predicted molar refractivity (Wildman–Crippen MR) is 119 cm³/mol. The summed E-state index contributed by atoms with van der Waals surface area (Å²) in [6, 6.07) is 2.83. The van der Waals surface area contributed by atoms with Crippen molar-refractivity contribution in [3.8, 4) is 11.6 Å². The molecule has 1 aliphatic rings. The van der Waals surface area contributed by atoms with E-state index in [4.69, 9.17) is 18.9 Å². The van der Waals surface area contributed by atoms with Gasteiger partial charge in [0, 0.05) is 12.5 Å². The molecule has 0 spiro atoms. The number of carbonyl (C=O) groups is 1. The van der Waals surface area contributed by atoms with Gasteiger partial charge in [0.1, 0.15) is 36.7 Å².